The number of nitrogens with one attached hydrogen (secondary N) is 1. The summed E-state index contributed by atoms with van der Waals surface area (Å²) in [4.78, 5) is 7.10. The molecule has 0 amide bonds. The molecule has 0 aliphatic heterocycles. The van der Waals surface area contributed by atoms with Crippen molar-refractivity contribution in [3.05, 3.63) is 77.7 Å². The highest BCUT2D eigenvalue weighted by Gasteiger charge is 2.30. The van der Waals surface area contributed by atoms with Gasteiger partial charge in [-0.15, -0.1) is 0 Å². The van der Waals surface area contributed by atoms with Crippen LogP contribution in [0, 0.1) is 0 Å². The molecule has 1 heterocycles. The number of hydrogen-bond acceptors (Lipinski definition) is 1. The zero-order valence-electron chi connectivity index (χ0n) is 12.0. The van der Waals surface area contributed by atoms with Crippen LogP contribution in [0.15, 0.2) is 60.9 Å². The van der Waals surface area contributed by atoms with Gasteiger partial charge in [0.05, 0.1) is 23.3 Å². The van der Waals surface area contributed by atoms with E-state index < -0.39 is 11.7 Å². The van der Waals surface area contributed by atoms with Gasteiger partial charge in [0, 0.05) is 5.56 Å². The number of imidazole rings is 1. The summed E-state index contributed by atoms with van der Waals surface area (Å²) >= 11 is 0. The minimum absolute atomic E-state index is 0.425. The van der Waals surface area contributed by atoms with Crippen LogP contribution in [0.25, 0.3) is 23.4 Å². The second-order valence-corrected chi connectivity index (χ2v) is 4.99. The predicted octanol–water partition coefficient (Wildman–Crippen LogP) is 5.27. The van der Waals surface area contributed by atoms with Crippen LogP contribution in [-0.4, -0.2) is 9.97 Å². The lowest BCUT2D eigenvalue weighted by molar-refractivity contribution is -0.137. The molecular formula is C18H13F3N2. The minimum Gasteiger partial charge on any atom is -0.345 e. The first kappa shape index (κ1) is 15.1. The van der Waals surface area contributed by atoms with Crippen molar-refractivity contribution < 1.29 is 13.2 Å². The normalized spacial score (nSPS) is 12.0. The van der Waals surface area contributed by atoms with E-state index in [0.29, 0.717) is 17.0 Å². The molecule has 23 heavy (non-hydrogen) atoms. The van der Waals surface area contributed by atoms with Crippen molar-refractivity contribution in [2.75, 3.05) is 0 Å². The molecule has 0 aliphatic carbocycles. The summed E-state index contributed by atoms with van der Waals surface area (Å²) in [5.41, 5.74) is 1.89. The van der Waals surface area contributed by atoms with Crippen LogP contribution >= 0.6 is 0 Å². The molecular weight excluding hydrogens is 301 g/mol. The lowest BCUT2D eigenvalue weighted by atomic mass is 10.1. The van der Waals surface area contributed by atoms with E-state index in [0.717, 1.165) is 17.7 Å². The smallest absolute Gasteiger partial charge is 0.345 e. The molecule has 0 saturated carbocycles. The Hall–Kier alpha value is -2.82. The number of aromatic nitrogens is 2. The summed E-state index contributed by atoms with van der Waals surface area (Å²) in [6, 6.07) is 14.8. The Labute approximate surface area is 131 Å². The largest absolute Gasteiger partial charge is 0.416 e. The molecule has 5 heteroatoms. The molecule has 2 aromatic carbocycles. The monoisotopic (exact) mass is 314 g/mol. The standard InChI is InChI=1S/C18H13F3N2/c19-18(20,21)15-8-4-7-14(11-15)17-16(22-12-23-17)10-9-13-5-2-1-3-6-13/h1-12H,(H,22,23)/b10-9+. The van der Waals surface area contributed by atoms with E-state index in [2.05, 4.69) is 9.97 Å². The highest BCUT2D eigenvalue weighted by molar-refractivity contribution is 5.77. The van der Waals surface area contributed by atoms with Gasteiger partial charge in [0.2, 0.25) is 0 Å². The Kier molecular flexibility index (Phi) is 4.02. The van der Waals surface area contributed by atoms with Gasteiger partial charge in [0.1, 0.15) is 0 Å². The molecule has 1 aromatic heterocycles. The third-order valence-corrected chi connectivity index (χ3v) is 3.37. The second kappa shape index (κ2) is 6.12. The lowest BCUT2D eigenvalue weighted by Crippen LogP contribution is -2.04. The zero-order valence-corrected chi connectivity index (χ0v) is 12.0. The molecule has 0 atom stereocenters. The van der Waals surface area contributed by atoms with Gasteiger partial charge in [-0.1, -0.05) is 48.5 Å². The molecule has 0 saturated heterocycles. The average Bonchev–Trinajstić information content (AvgIpc) is 3.02. The number of H-pyrrole nitrogens is 1. The van der Waals surface area contributed by atoms with Crippen molar-refractivity contribution in [1.29, 1.82) is 0 Å². The Morgan fingerprint density at radius 1 is 0.913 bits per heavy atom. The summed E-state index contributed by atoms with van der Waals surface area (Å²) in [5, 5.41) is 0. The van der Waals surface area contributed by atoms with Gasteiger partial charge in [-0.05, 0) is 23.8 Å². The highest BCUT2D eigenvalue weighted by atomic mass is 19.4. The lowest BCUT2D eigenvalue weighted by Gasteiger charge is -2.08. The molecule has 116 valence electrons. The van der Waals surface area contributed by atoms with Crippen LogP contribution < -0.4 is 0 Å². The van der Waals surface area contributed by atoms with E-state index in [-0.39, 0.29) is 0 Å². The van der Waals surface area contributed by atoms with E-state index in [1.807, 2.05) is 36.4 Å². The van der Waals surface area contributed by atoms with Crippen molar-refractivity contribution >= 4 is 12.2 Å². The summed E-state index contributed by atoms with van der Waals surface area (Å²) in [5.74, 6) is 0. The molecule has 2 nitrogen and oxygen atoms in total. The van der Waals surface area contributed by atoms with Gasteiger partial charge in [-0.25, -0.2) is 4.98 Å². The topological polar surface area (TPSA) is 28.7 Å². The molecule has 0 aliphatic rings. The SMILES string of the molecule is FC(F)(F)c1cccc(-c2nc[nH]c2/C=C/c2ccccc2)c1. The van der Waals surface area contributed by atoms with Crippen LogP contribution in [0.4, 0.5) is 13.2 Å². The predicted molar refractivity (Wildman–Crippen MR) is 84.4 cm³/mol. The van der Waals surface area contributed by atoms with Gasteiger partial charge in [0.25, 0.3) is 0 Å². The summed E-state index contributed by atoms with van der Waals surface area (Å²) < 4.78 is 38.5. The molecule has 0 bridgehead atoms. The van der Waals surface area contributed by atoms with E-state index in [9.17, 15) is 13.2 Å². The molecule has 0 radical (unpaired) electrons. The summed E-state index contributed by atoms with van der Waals surface area (Å²) in [7, 11) is 0. The van der Waals surface area contributed by atoms with Crippen molar-refractivity contribution in [3.63, 3.8) is 0 Å². The summed E-state index contributed by atoms with van der Waals surface area (Å²) in [6.07, 6.45) is 0.787. The van der Waals surface area contributed by atoms with Gasteiger partial charge in [-0.3, -0.25) is 0 Å². The number of aromatic amines is 1. The van der Waals surface area contributed by atoms with E-state index in [4.69, 9.17) is 0 Å². The zero-order chi connectivity index (χ0) is 16.3. The first-order chi connectivity index (χ1) is 11.0. The molecule has 0 unspecified atom stereocenters. The van der Waals surface area contributed by atoms with Crippen molar-refractivity contribution in [2.45, 2.75) is 6.18 Å². The number of rotatable bonds is 3. The van der Waals surface area contributed by atoms with Crippen LogP contribution in [0.2, 0.25) is 0 Å². The fourth-order valence-corrected chi connectivity index (χ4v) is 2.25. The van der Waals surface area contributed by atoms with Crippen LogP contribution in [-0.2, 0) is 6.18 Å². The first-order valence-electron chi connectivity index (χ1n) is 6.98. The molecule has 1 N–H and O–H groups in total. The summed E-state index contributed by atoms with van der Waals surface area (Å²) in [6.45, 7) is 0. The highest BCUT2D eigenvalue weighted by Crippen LogP contribution is 2.32. The fraction of sp³-hybridized carbons (Fsp3) is 0.0556. The molecule has 3 aromatic rings. The maximum absolute atomic E-state index is 12.8. The van der Waals surface area contributed by atoms with Gasteiger partial charge in [0.15, 0.2) is 0 Å². The van der Waals surface area contributed by atoms with Gasteiger partial charge < -0.3 is 4.98 Å². The van der Waals surface area contributed by atoms with Gasteiger partial charge in [-0.2, -0.15) is 13.2 Å². The van der Waals surface area contributed by atoms with Crippen LogP contribution in [0.5, 0.6) is 0 Å². The Morgan fingerprint density at radius 3 is 2.43 bits per heavy atom. The fourth-order valence-electron chi connectivity index (χ4n) is 2.25. The van der Waals surface area contributed by atoms with Crippen LogP contribution in [0.1, 0.15) is 16.8 Å². The third kappa shape index (κ3) is 3.51. The average molecular weight is 314 g/mol. The van der Waals surface area contributed by atoms with E-state index in [1.54, 1.807) is 12.1 Å². The third-order valence-electron chi connectivity index (χ3n) is 3.37. The number of alkyl halides is 3. The number of hydrogen-bond donors (Lipinski definition) is 1. The number of benzene rings is 2. The molecule has 3 rings (SSSR count). The van der Waals surface area contributed by atoms with Crippen LogP contribution in [0.3, 0.4) is 0 Å². The number of nitrogens with zero attached hydrogens (tertiary/aromatic N) is 1. The van der Waals surface area contributed by atoms with Crippen molar-refractivity contribution in [1.82, 2.24) is 9.97 Å². The molecule has 0 fully saturated rings. The van der Waals surface area contributed by atoms with Crippen molar-refractivity contribution in [3.8, 4) is 11.3 Å². The van der Waals surface area contributed by atoms with E-state index in [1.165, 1.54) is 12.4 Å². The Bertz CT molecular complexity index is 818. The quantitative estimate of drug-likeness (QED) is 0.701. The maximum atomic E-state index is 12.8. The van der Waals surface area contributed by atoms with E-state index >= 15 is 0 Å². The second-order valence-electron chi connectivity index (χ2n) is 4.99. The molecule has 0 spiro atoms. The maximum Gasteiger partial charge on any atom is 0.416 e. The first-order valence-corrected chi connectivity index (χ1v) is 6.98. The Balaban J connectivity index is 1.94. The minimum atomic E-state index is -4.37. The van der Waals surface area contributed by atoms with Crippen molar-refractivity contribution in [2.24, 2.45) is 0 Å². The van der Waals surface area contributed by atoms with Gasteiger partial charge >= 0.3 is 6.18 Å². The Morgan fingerprint density at radius 2 is 1.70 bits per heavy atom. The number of halogens is 3.